The number of fused-ring (bicyclic) bond motifs is 1. The number of aryl methyl sites for hydroxylation is 1. The van der Waals surface area contributed by atoms with E-state index in [1.165, 1.54) is 49.0 Å². The first-order valence-corrected chi connectivity index (χ1v) is 11.1. The van der Waals surface area contributed by atoms with Gasteiger partial charge in [-0.15, -0.1) is 0 Å². The van der Waals surface area contributed by atoms with E-state index in [0.717, 1.165) is 24.4 Å². The first-order valence-electron chi connectivity index (χ1n) is 11.1. The summed E-state index contributed by atoms with van der Waals surface area (Å²) in [4.78, 5) is 30.6. The van der Waals surface area contributed by atoms with Crippen LogP contribution in [-0.4, -0.2) is 50.1 Å². The minimum Gasteiger partial charge on any atom is -0.478 e. The van der Waals surface area contributed by atoms with E-state index in [1.807, 2.05) is 6.07 Å². The summed E-state index contributed by atoms with van der Waals surface area (Å²) in [6.07, 6.45) is 7.73. The van der Waals surface area contributed by atoms with Crippen molar-refractivity contribution >= 4 is 22.8 Å². The Kier molecular flexibility index (Phi) is 9.08. The van der Waals surface area contributed by atoms with Crippen LogP contribution in [0.5, 0.6) is 0 Å². The molecule has 4 rings (SSSR count). The maximum absolute atomic E-state index is 9.55. The molecule has 1 aromatic heterocycles. The number of rotatable bonds is 7. The quantitative estimate of drug-likeness (QED) is 0.524. The number of aromatic nitrogens is 2. The monoisotopic (exact) mass is 447 g/mol. The van der Waals surface area contributed by atoms with Crippen molar-refractivity contribution in [3.63, 3.8) is 0 Å². The Bertz CT molecular complexity index is 1060. The largest absolute Gasteiger partial charge is 0.478 e. The standard InChI is InChI=1S/C22H25N3.C4H4O4/c1-2-6-19(7-3-1)16-25-14-12-18(13-15-25)10-11-22-20-8-4-5-9-21(20)23-17-24-22;5-3(6)1-2-4(7)8/h1-9,17-18H,10-16H2;1-2H,(H,5,6)(H,7,8)/b;2-1-. The fourth-order valence-electron chi connectivity index (χ4n) is 4.02. The molecule has 2 heterocycles. The Morgan fingerprint density at radius 2 is 1.55 bits per heavy atom. The van der Waals surface area contributed by atoms with E-state index >= 15 is 0 Å². The van der Waals surface area contributed by atoms with Gasteiger partial charge >= 0.3 is 11.9 Å². The molecule has 1 fully saturated rings. The van der Waals surface area contributed by atoms with E-state index in [-0.39, 0.29) is 0 Å². The maximum Gasteiger partial charge on any atom is 0.328 e. The highest BCUT2D eigenvalue weighted by Gasteiger charge is 2.19. The summed E-state index contributed by atoms with van der Waals surface area (Å²) < 4.78 is 0. The first kappa shape index (κ1) is 24.1. The van der Waals surface area contributed by atoms with Crippen LogP contribution >= 0.6 is 0 Å². The van der Waals surface area contributed by atoms with Gasteiger partial charge in [0.15, 0.2) is 0 Å². The van der Waals surface area contributed by atoms with Gasteiger partial charge in [0.25, 0.3) is 0 Å². The molecule has 0 spiro atoms. The highest BCUT2D eigenvalue weighted by molar-refractivity contribution is 5.89. The number of carboxylic acids is 2. The van der Waals surface area contributed by atoms with Crippen LogP contribution < -0.4 is 0 Å². The van der Waals surface area contributed by atoms with Gasteiger partial charge in [0, 0.05) is 24.1 Å². The number of aliphatic carboxylic acids is 2. The topological polar surface area (TPSA) is 104 Å². The average Bonchev–Trinajstić information content (AvgIpc) is 2.83. The van der Waals surface area contributed by atoms with Gasteiger partial charge in [-0.2, -0.15) is 0 Å². The van der Waals surface area contributed by atoms with E-state index < -0.39 is 11.9 Å². The molecule has 1 aliphatic rings. The summed E-state index contributed by atoms with van der Waals surface area (Å²) in [5, 5.41) is 16.8. The molecule has 7 nitrogen and oxygen atoms in total. The summed E-state index contributed by atoms with van der Waals surface area (Å²) >= 11 is 0. The van der Waals surface area contributed by atoms with Crippen LogP contribution in [0.2, 0.25) is 0 Å². The van der Waals surface area contributed by atoms with Gasteiger partial charge < -0.3 is 10.2 Å². The van der Waals surface area contributed by atoms with E-state index in [0.29, 0.717) is 12.2 Å². The lowest BCUT2D eigenvalue weighted by atomic mass is 9.91. The first-order chi connectivity index (χ1) is 16.0. The second-order valence-corrected chi connectivity index (χ2v) is 8.09. The molecule has 0 atom stereocenters. The van der Waals surface area contributed by atoms with E-state index in [9.17, 15) is 9.59 Å². The van der Waals surface area contributed by atoms with Gasteiger partial charge in [-0.05, 0) is 56.3 Å². The smallest absolute Gasteiger partial charge is 0.328 e. The molecule has 7 heteroatoms. The molecule has 2 aromatic carbocycles. The van der Waals surface area contributed by atoms with Crippen LogP contribution in [0.4, 0.5) is 0 Å². The number of hydrogen-bond donors (Lipinski definition) is 2. The third-order valence-electron chi connectivity index (χ3n) is 5.74. The Hall–Kier alpha value is -3.58. The molecule has 0 unspecified atom stereocenters. The molecule has 33 heavy (non-hydrogen) atoms. The second kappa shape index (κ2) is 12.5. The molecule has 1 saturated heterocycles. The number of likely N-dealkylation sites (tertiary alicyclic amines) is 1. The molecule has 2 N–H and O–H groups in total. The van der Waals surface area contributed by atoms with Gasteiger partial charge in [-0.3, -0.25) is 4.90 Å². The van der Waals surface area contributed by atoms with Crippen molar-refractivity contribution in [3.8, 4) is 0 Å². The van der Waals surface area contributed by atoms with Gasteiger partial charge in [0.1, 0.15) is 6.33 Å². The van der Waals surface area contributed by atoms with Crippen LogP contribution in [0.1, 0.15) is 30.5 Å². The van der Waals surface area contributed by atoms with Gasteiger partial charge in [0.2, 0.25) is 0 Å². The highest BCUT2D eigenvalue weighted by atomic mass is 16.4. The summed E-state index contributed by atoms with van der Waals surface area (Å²) in [7, 11) is 0. The maximum atomic E-state index is 9.55. The Balaban J connectivity index is 0.000000331. The van der Waals surface area contributed by atoms with E-state index in [1.54, 1.807) is 6.33 Å². The lowest BCUT2D eigenvalue weighted by Crippen LogP contribution is -2.33. The molecule has 0 saturated carbocycles. The fourth-order valence-corrected chi connectivity index (χ4v) is 4.02. The third kappa shape index (κ3) is 8.12. The number of benzene rings is 2. The Morgan fingerprint density at radius 3 is 2.21 bits per heavy atom. The average molecular weight is 448 g/mol. The molecule has 0 amide bonds. The number of hydrogen-bond acceptors (Lipinski definition) is 5. The van der Waals surface area contributed by atoms with E-state index in [2.05, 4.69) is 63.4 Å². The predicted molar refractivity (Wildman–Crippen MR) is 127 cm³/mol. The summed E-state index contributed by atoms with van der Waals surface area (Å²) in [6.45, 7) is 3.51. The minimum atomic E-state index is -1.26. The molecule has 0 aliphatic carbocycles. The third-order valence-corrected chi connectivity index (χ3v) is 5.74. The van der Waals surface area contributed by atoms with Crippen LogP contribution in [0.3, 0.4) is 0 Å². The van der Waals surface area contributed by atoms with Crippen LogP contribution in [0.25, 0.3) is 10.9 Å². The summed E-state index contributed by atoms with van der Waals surface area (Å²) in [6, 6.07) is 19.2. The molecular weight excluding hydrogens is 418 g/mol. The number of nitrogens with zero attached hydrogens (tertiary/aromatic N) is 3. The van der Waals surface area contributed by atoms with Crippen molar-refractivity contribution < 1.29 is 19.8 Å². The molecule has 0 radical (unpaired) electrons. The molecule has 172 valence electrons. The number of carbonyl (C=O) groups is 2. The molecule has 1 aliphatic heterocycles. The van der Waals surface area contributed by atoms with Crippen molar-refractivity contribution in [3.05, 3.63) is 84.3 Å². The lowest BCUT2D eigenvalue weighted by molar-refractivity contribution is -0.134. The number of piperidine rings is 1. The summed E-state index contributed by atoms with van der Waals surface area (Å²) in [5.74, 6) is -1.69. The zero-order chi connectivity index (χ0) is 23.5. The fraction of sp³-hybridized carbons (Fsp3) is 0.308. The highest BCUT2D eigenvalue weighted by Crippen LogP contribution is 2.24. The van der Waals surface area contributed by atoms with Crippen molar-refractivity contribution in [1.29, 1.82) is 0 Å². The van der Waals surface area contributed by atoms with Crippen molar-refractivity contribution in [2.75, 3.05) is 13.1 Å². The summed E-state index contributed by atoms with van der Waals surface area (Å²) in [5.41, 5.74) is 3.69. The van der Waals surface area contributed by atoms with Crippen molar-refractivity contribution in [2.24, 2.45) is 5.92 Å². The van der Waals surface area contributed by atoms with Gasteiger partial charge in [-0.25, -0.2) is 19.6 Å². The van der Waals surface area contributed by atoms with E-state index in [4.69, 9.17) is 10.2 Å². The molecule has 0 bridgehead atoms. The predicted octanol–water partition coefficient (Wildman–Crippen LogP) is 4.19. The zero-order valence-corrected chi connectivity index (χ0v) is 18.5. The van der Waals surface area contributed by atoms with Crippen LogP contribution in [0, 0.1) is 5.92 Å². The van der Waals surface area contributed by atoms with Crippen molar-refractivity contribution in [1.82, 2.24) is 14.9 Å². The second-order valence-electron chi connectivity index (χ2n) is 8.09. The van der Waals surface area contributed by atoms with Gasteiger partial charge in [0.05, 0.1) is 11.2 Å². The van der Waals surface area contributed by atoms with Gasteiger partial charge in [-0.1, -0.05) is 48.5 Å². The minimum absolute atomic E-state index is 0.558. The molecular formula is C26H29N3O4. The SMILES string of the molecule is O=C(O)/C=C\C(=O)O.c1ccc(CN2CCC(CCc3ncnc4ccccc34)CC2)cc1. The normalized spacial score (nSPS) is 14.7. The molecule has 3 aromatic rings. The van der Waals surface area contributed by atoms with Crippen molar-refractivity contribution in [2.45, 2.75) is 32.2 Å². The van der Waals surface area contributed by atoms with Crippen LogP contribution in [-0.2, 0) is 22.6 Å². The Morgan fingerprint density at radius 1 is 0.909 bits per heavy atom. The van der Waals surface area contributed by atoms with Crippen LogP contribution in [0.15, 0.2) is 73.1 Å². The Labute approximate surface area is 193 Å². The number of para-hydroxylation sites is 1. The number of carboxylic acid groups (broad SMARTS) is 2. The zero-order valence-electron chi connectivity index (χ0n) is 18.5. The lowest BCUT2D eigenvalue weighted by Gasteiger charge is -2.32.